The van der Waals surface area contributed by atoms with Gasteiger partial charge in [-0.05, 0) is 103 Å². The molecule has 0 amide bonds. The summed E-state index contributed by atoms with van der Waals surface area (Å²) in [5, 5.41) is 4.05. The third-order valence-corrected chi connectivity index (χ3v) is 10.8. The summed E-state index contributed by atoms with van der Waals surface area (Å²) in [4.78, 5) is 2.22. The number of nitrogens with zero attached hydrogens (tertiary/aromatic N) is 1. The first-order chi connectivity index (χ1) is 29.2. The van der Waals surface area contributed by atoms with Crippen LogP contribution in [0, 0.1) is 0 Å². The average molecular weight is 683 g/mol. The van der Waals surface area contributed by atoms with Gasteiger partial charge in [-0.25, -0.2) is 0 Å². The zero-order valence-electron chi connectivity index (χ0n) is 35.4. The fourth-order valence-corrected chi connectivity index (χ4v) is 8.53. The van der Waals surface area contributed by atoms with Crippen LogP contribution in [0.25, 0.3) is 54.6 Å². The van der Waals surface area contributed by atoms with Crippen molar-refractivity contribution in [2.75, 3.05) is 4.90 Å². The minimum atomic E-state index is -1.39. The summed E-state index contributed by atoms with van der Waals surface area (Å²) in [6.45, 7) is 0. The maximum atomic E-state index is 9.79. The number of fused-ring (bicyclic) bond motifs is 8. The molecule has 1 aliphatic rings. The molecular formula is C51H33NO. The fraction of sp³-hybridized carbons (Fsp3) is 0.0196. The van der Waals surface area contributed by atoms with Crippen LogP contribution in [-0.4, -0.2) is 0 Å². The molecule has 0 spiro atoms. The van der Waals surface area contributed by atoms with E-state index in [1.165, 1.54) is 0 Å². The molecule has 0 saturated heterocycles. The summed E-state index contributed by atoms with van der Waals surface area (Å²) in [7, 11) is 0. The van der Waals surface area contributed by atoms with Crippen LogP contribution < -0.4 is 4.90 Å². The molecule has 0 radical (unpaired) electrons. The van der Waals surface area contributed by atoms with E-state index in [-0.39, 0.29) is 28.4 Å². The first-order valence-electron chi connectivity index (χ1n) is 21.2. The van der Waals surface area contributed by atoms with Crippen molar-refractivity contribution in [2.24, 2.45) is 0 Å². The molecule has 10 aromatic rings. The number of para-hydroxylation sites is 2. The van der Waals surface area contributed by atoms with Gasteiger partial charge in [0, 0.05) is 27.8 Å². The van der Waals surface area contributed by atoms with E-state index >= 15 is 0 Å². The van der Waals surface area contributed by atoms with Crippen molar-refractivity contribution >= 4 is 60.5 Å². The van der Waals surface area contributed by atoms with Gasteiger partial charge >= 0.3 is 0 Å². The zero-order valence-corrected chi connectivity index (χ0v) is 28.4. The van der Waals surface area contributed by atoms with Gasteiger partial charge in [-0.2, -0.15) is 0 Å². The van der Waals surface area contributed by atoms with E-state index in [1.54, 1.807) is 0 Å². The molecule has 53 heavy (non-hydrogen) atoms. The first kappa shape index (κ1) is 23.6. The highest BCUT2D eigenvalue weighted by Crippen LogP contribution is 2.58. The Labute approximate surface area is 317 Å². The predicted molar refractivity (Wildman–Crippen MR) is 221 cm³/mol. The lowest BCUT2D eigenvalue weighted by Gasteiger charge is -2.35. The van der Waals surface area contributed by atoms with E-state index in [0.29, 0.717) is 11.1 Å². The maximum Gasteiger partial charge on any atom is 0.135 e. The molecule has 1 unspecified atom stereocenters. The highest BCUT2D eigenvalue weighted by Gasteiger charge is 2.47. The Kier molecular flexibility index (Phi) is 5.14. The Bertz CT molecular complexity index is 3430. The molecule has 0 bridgehead atoms. The quantitative estimate of drug-likeness (QED) is 0.180. The van der Waals surface area contributed by atoms with Crippen LogP contribution in [0.2, 0.25) is 0 Å². The molecule has 1 aliphatic carbocycles. The summed E-state index contributed by atoms with van der Waals surface area (Å²) < 4.78 is 70.5. The first-order valence-corrected chi connectivity index (χ1v) is 17.7. The van der Waals surface area contributed by atoms with Crippen LogP contribution in [0.15, 0.2) is 204 Å². The average Bonchev–Trinajstić information content (AvgIpc) is 3.80. The van der Waals surface area contributed by atoms with Crippen molar-refractivity contribution in [3.63, 3.8) is 0 Å². The molecule has 2 nitrogen and oxygen atoms in total. The molecule has 2 heteroatoms. The molecule has 1 heterocycles. The van der Waals surface area contributed by atoms with Crippen molar-refractivity contribution in [1.29, 1.82) is 0 Å². The molecule has 1 atom stereocenters. The van der Waals surface area contributed by atoms with E-state index in [9.17, 15) is 4.11 Å². The van der Waals surface area contributed by atoms with Crippen LogP contribution in [0.1, 0.15) is 31.8 Å². The van der Waals surface area contributed by atoms with Gasteiger partial charge in [0.05, 0.1) is 15.0 Å². The van der Waals surface area contributed by atoms with Gasteiger partial charge in [-0.15, -0.1) is 0 Å². The fourth-order valence-electron chi connectivity index (χ4n) is 8.53. The minimum Gasteiger partial charge on any atom is -0.456 e. The van der Waals surface area contributed by atoms with E-state index in [4.69, 9.17) is 9.90 Å². The number of hydrogen-bond acceptors (Lipinski definition) is 2. The number of benzene rings is 9. The lowest BCUT2D eigenvalue weighted by Crippen LogP contribution is -2.29. The summed E-state index contributed by atoms with van der Waals surface area (Å²) >= 11 is 0. The monoisotopic (exact) mass is 682 g/mol. The molecule has 0 N–H and O–H groups in total. The summed E-state index contributed by atoms with van der Waals surface area (Å²) in [6, 6.07) is 50.1. The van der Waals surface area contributed by atoms with Gasteiger partial charge in [0.15, 0.2) is 0 Å². The van der Waals surface area contributed by atoms with Crippen molar-refractivity contribution in [3.8, 4) is 11.1 Å². The topological polar surface area (TPSA) is 16.4 Å². The predicted octanol–water partition coefficient (Wildman–Crippen LogP) is 13.7. The lowest BCUT2D eigenvalue weighted by molar-refractivity contribution is 0.666. The Morgan fingerprint density at radius 1 is 0.415 bits per heavy atom. The number of hydrogen-bond donors (Lipinski definition) is 0. The van der Waals surface area contributed by atoms with Crippen molar-refractivity contribution in [1.82, 2.24) is 0 Å². The second-order valence-electron chi connectivity index (χ2n) is 13.5. The van der Waals surface area contributed by atoms with E-state index in [1.807, 2.05) is 97.1 Å². The molecule has 248 valence electrons. The summed E-state index contributed by atoms with van der Waals surface area (Å²) in [5.41, 5.74) is 6.96. The van der Waals surface area contributed by atoms with Crippen LogP contribution in [-0.2, 0) is 5.41 Å². The van der Waals surface area contributed by atoms with Crippen LogP contribution >= 0.6 is 0 Å². The number of furan rings is 1. The summed E-state index contributed by atoms with van der Waals surface area (Å²) in [5.74, 6) is 0. The lowest BCUT2D eigenvalue weighted by atomic mass is 9.66. The van der Waals surface area contributed by atoms with Crippen molar-refractivity contribution < 1.29 is 14.0 Å². The Balaban J connectivity index is 1.28. The van der Waals surface area contributed by atoms with Crippen LogP contribution in [0.4, 0.5) is 17.1 Å². The van der Waals surface area contributed by atoms with Gasteiger partial charge in [0.1, 0.15) is 11.2 Å². The minimum absolute atomic E-state index is 0.0468. The van der Waals surface area contributed by atoms with E-state index in [0.717, 1.165) is 66.4 Å². The van der Waals surface area contributed by atoms with Crippen LogP contribution in [0.5, 0.6) is 0 Å². The van der Waals surface area contributed by atoms with E-state index < -0.39 is 35.6 Å². The normalized spacial score (nSPS) is 16.7. The zero-order chi connectivity index (χ0) is 41.0. The summed E-state index contributed by atoms with van der Waals surface area (Å²) in [6.07, 6.45) is 0. The number of anilines is 3. The maximum absolute atomic E-state index is 9.79. The van der Waals surface area contributed by atoms with Gasteiger partial charge in [-0.1, -0.05) is 151 Å². The molecule has 11 rings (SSSR count). The Hall–Kier alpha value is -6.90. The standard InChI is InChI=1S/C51H33NO/c1-2-17-38(18-3-1)52(39-27-25-34-13-4-5-15-36(34)31-39)40-28-30-48-45(33-40)42-20-8-10-22-47(42)51(48,46-23-12-16-35-14-6-7-19-41(35)46)37-26-29-44-43-21-9-11-24-49(43)53-50(44)32-37/h1-33H/i6D,7D,12D,14D,16D,19D,23D. The molecule has 0 saturated carbocycles. The molecule has 0 fully saturated rings. The SMILES string of the molecule is [2H]c1c([2H])c([2H])c2c(C3(c4ccc5c(c4)oc4ccccc45)c4ccccc4-c4cc(N(c5ccccc5)c5ccc6ccccc6c5)ccc43)c([2H])c([2H])c([2H])c2c1[2H]. The van der Waals surface area contributed by atoms with Gasteiger partial charge < -0.3 is 9.32 Å². The van der Waals surface area contributed by atoms with Crippen molar-refractivity contribution in [2.45, 2.75) is 5.41 Å². The second kappa shape index (κ2) is 11.6. The highest BCUT2D eigenvalue weighted by atomic mass is 16.3. The molecule has 1 aromatic heterocycles. The largest absolute Gasteiger partial charge is 0.456 e. The van der Waals surface area contributed by atoms with Crippen molar-refractivity contribution in [3.05, 3.63) is 222 Å². The third kappa shape index (κ3) is 4.39. The number of rotatable bonds is 5. The van der Waals surface area contributed by atoms with Crippen LogP contribution in [0.3, 0.4) is 0 Å². The smallest absolute Gasteiger partial charge is 0.135 e. The molecule has 0 aliphatic heterocycles. The Morgan fingerprint density at radius 2 is 1.13 bits per heavy atom. The molecular weight excluding hydrogens is 643 g/mol. The highest BCUT2D eigenvalue weighted by molar-refractivity contribution is 6.06. The Morgan fingerprint density at radius 3 is 2.08 bits per heavy atom. The molecule has 9 aromatic carbocycles. The third-order valence-electron chi connectivity index (χ3n) is 10.8. The second-order valence-corrected chi connectivity index (χ2v) is 13.5. The van der Waals surface area contributed by atoms with Gasteiger partial charge in [-0.3, -0.25) is 0 Å². The van der Waals surface area contributed by atoms with Gasteiger partial charge in [0.2, 0.25) is 0 Å². The van der Waals surface area contributed by atoms with E-state index in [2.05, 4.69) is 65.6 Å². The van der Waals surface area contributed by atoms with Gasteiger partial charge in [0.25, 0.3) is 0 Å².